The minimum atomic E-state index is 0.790. The van der Waals surface area contributed by atoms with Crippen molar-refractivity contribution in [3.8, 4) is 0 Å². The smallest absolute Gasteiger partial charge is 0.178 e. The van der Waals surface area contributed by atoms with E-state index in [1.54, 1.807) is 4.52 Å². The predicted octanol–water partition coefficient (Wildman–Crippen LogP) is 1.62. The summed E-state index contributed by atoms with van der Waals surface area (Å²) in [7, 11) is 0.790. The zero-order valence-electron chi connectivity index (χ0n) is 5.52. The Bertz CT molecular complexity index is 355. The topological polar surface area (TPSA) is 30.2 Å². The molecule has 50 valence electrons. The van der Waals surface area contributed by atoms with Crippen LogP contribution < -0.4 is 0 Å². The largest absolute Gasteiger partial charge is 0.217 e. The molecule has 2 aromatic heterocycles. The molecule has 0 N–H and O–H groups in total. The van der Waals surface area contributed by atoms with Crippen LogP contribution in [0.25, 0.3) is 5.65 Å². The van der Waals surface area contributed by atoms with Crippen LogP contribution in [0, 0.1) is 6.92 Å². The Morgan fingerprint density at radius 3 is 3.40 bits per heavy atom. The first-order valence-corrected chi connectivity index (χ1v) is 3.80. The average Bonchev–Trinajstić information content (AvgIpc) is 2.33. The van der Waals surface area contributed by atoms with Crippen molar-refractivity contribution >= 4 is 14.2 Å². The van der Waals surface area contributed by atoms with Gasteiger partial charge in [-0.25, -0.2) is 4.52 Å². The van der Waals surface area contributed by atoms with Gasteiger partial charge in [-0.3, -0.25) is 0 Å². The fourth-order valence-corrected chi connectivity index (χ4v) is 1.36. The number of rotatable bonds is 0. The molecule has 10 heavy (non-hydrogen) atoms. The molecule has 0 spiro atoms. The van der Waals surface area contributed by atoms with Crippen LogP contribution >= 0.6 is 8.51 Å². The van der Waals surface area contributed by atoms with Crippen molar-refractivity contribution < 1.29 is 0 Å². The van der Waals surface area contributed by atoms with Gasteiger partial charge in [0.05, 0.1) is 0 Å². The van der Waals surface area contributed by atoms with Crippen molar-refractivity contribution in [3.05, 3.63) is 23.9 Å². The van der Waals surface area contributed by atoms with Gasteiger partial charge in [-0.05, 0) is 24.6 Å². The third-order valence-electron chi connectivity index (χ3n) is 1.35. The highest BCUT2D eigenvalue weighted by molar-refractivity contribution is 7.20. The van der Waals surface area contributed by atoms with E-state index in [2.05, 4.69) is 9.61 Å². The number of hydrogen-bond acceptors (Lipinski definition) is 2. The molecule has 0 aliphatic rings. The molecular formula is C6H6N3P. The van der Waals surface area contributed by atoms with Gasteiger partial charge >= 0.3 is 0 Å². The summed E-state index contributed by atoms with van der Waals surface area (Å²) in [6.45, 7) is 2.05. The number of nitrogens with zero attached hydrogens (tertiary/aromatic N) is 3. The van der Waals surface area contributed by atoms with Crippen LogP contribution in [0.5, 0.6) is 0 Å². The summed E-state index contributed by atoms with van der Waals surface area (Å²) in [5, 5.41) is 0. The molecule has 2 rings (SSSR count). The van der Waals surface area contributed by atoms with Gasteiger partial charge in [0.15, 0.2) is 14.2 Å². The highest BCUT2D eigenvalue weighted by Crippen LogP contribution is 2.05. The van der Waals surface area contributed by atoms with E-state index in [9.17, 15) is 0 Å². The molecule has 4 heteroatoms. The summed E-state index contributed by atoms with van der Waals surface area (Å²) in [6.07, 6.45) is 1.92. The van der Waals surface area contributed by atoms with Crippen LogP contribution in [-0.2, 0) is 0 Å². The molecule has 0 radical (unpaired) electrons. The molecule has 0 unspecified atom stereocenters. The Labute approximate surface area is 59.9 Å². The second-order valence-electron chi connectivity index (χ2n) is 2.19. The maximum absolute atomic E-state index is 4.13. The Hall–Kier alpha value is -0.950. The molecular weight excluding hydrogens is 145 g/mol. The second kappa shape index (κ2) is 2.03. The van der Waals surface area contributed by atoms with Gasteiger partial charge in [0, 0.05) is 6.20 Å². The third-order valence-corrected chi connectivity index (χ3v) is 1.92. The fourth-order valence-electron chi connectivity index (χ4n) is 0.842. The third kappa shape index (κ3) is 0.792. The zero-order valence-corrected chi connectivity index (χ0v) is 6.42. The molecule has 2 aromatic rings. The number of fused-ring (bicyclic) bond motifs is 1. The first-order valence-electron chi connectivity index (χ1n) is 3.00. The molecule has 0 saturated carbocycles. The molecule has 2 heterocycles. The highest BCUT2D eigenvalue weighted by Gasteiger charge is 1.92. The van der Waals surface area contributed by atoms with Crippen LogP contribution in [0.15, 0.2) is 18.3 Å². The molecule has 0 aromatic carbocycles. The maximum atomic E-state index is 4.13. The lowest BCUT2D eigenvalue weighted by Gasteiger charge is -1.90. The summed E-state index contributed by atoms with van der Waals surface area (Å²) < 4.78 is 5.91. The predicted molar refractivity (Wildman–Crippen MR) is 40.2 cm³/mol. The zero-order chi connectivity index (χ0) is 6.97. The van der Waals surface area contributed by atoms with Gasteiger partial charge in [-0.1, -0.05) is 0 Å². The monoisotopic (exact) mass is 151 g/mol. The lowest BCUT2D eigenvalue weighted by Crippen LogP contribution is -1.85. The van der Waals surface area contributed by atoms with Gasteiger partial charge in [0.1, 0.15) is 0 Å². The fraction of sp³-hybridized carbons (Fsp3) is 0.167. The highest BCUT2D eigenvalue weighted by atomic mass is 31.1. The Balaban J connectivity index is 2.86. The first kappa shape index (κ1) is 5.81. The number of aromatic nitrogens is 3. The van der Waals surface area contributed by atoms with Crippen molar-refractivity contribution in [1.29, 1.82) is 0 Å². The minimum Gasteiger partial charge on any atom is -0.217 e. The van der Waals surface area contributed by atoms with Crippen molar-refractivity contribution in [2.45, 2.75) is 6.92 Å². The first-order chi connectivity index (χ1) is 4.86. The molecule has 0 atom stereocenters. The van der Waals surface area contributed by atoms with Gasteiger partial charge in [-0.2, -0.15) is 4.75 Å². The number of pyridine rings is 1. The molecule has 0 amide bonds. The summed E-state index contributed by atoms with van der Waals surface area (Å²) in [5.41, 5.74) is 2.17. The van der Waals surface area contributed by atoms with Crippen molar-refractivity contribution in [3.63, 3.8) is 0 Å². The molecule has 0 fully saturated rings. The number of hydrogen-bond donors (Lipinski definition) is 0. The van der Waals surface area contributed by atoms with Crippen LogP contribution in [0.2, 0.25) is 0 Å². The lowest BCUT2D eigenvalue weighted by molar-refractivity contribution is 0.999. The molecule has 3 nitrogen and oxygen atoms in total. The van der Waals surface area contributed by atoms with Crippen molar-refractivity contribution in [2.24, 2.45) is 0 Å². The normalized spacial score (nSPS) is 11.3. The van der Waals surface area contributed by atoms with Gasteiger partial charge in [0.25, 0.3) is 0 Å². The summed E-state index contributed by atoms with van der Waals surface area (Å²) in [4.78, 5) is 4.06. The van der Waals surface area contributed by atoms with Gasteiger partial charge in [0.2, 0.25) is 0 Å². The van der Waals surface area contributed by atoms with Crippen molar-refractivity contribution in [1.82, 2.24) is 14.1 Å². The number of aryl methyl sites for hydroxylation is 1. The quantitative estimate of drug-likeness (QED) is 0.572. The van der Waals surface area contributed by atoms with E-state index in [0.29, 0.717) is 0 Å². The summed E-state index contributed by atoms with van der Waals surface area (Å²) in [6, 6.07) is 4.03. The summed E-state index contributed by atoms with van der Waals surface area (Å²) >= 11 is 0. The standard InChI is InChI=1S/C6H6N3P/c1-5-2-3-9-6(4-5)7-10-8-9/h2-4H,1H3. The summed E-state index contributed by atoms with van der Waals surface area (Å²) in [5.74, 6) is 0. The van der Waals surface area contributed by atoms with E-state index in [1.165, 1.54) is 5.56 Å². The van der Waals surface area contributed by atoms with Gasteiger partial charge in [-0.15, -0.1) is 4.86 Å². The lowest BCUT2D eigenvalue weighted by atomic mass is 10.3. The minimum absolute atomic E-state index is 0.790. The SMILES string of the molecule is Cc1ccn2npnc2c1. The van der Waals surface area contributed by atoms with Crippen molar-refractivity contribution in [2.75, 3.05) is 0 Å². The average molecular weight is 151 g/mol. The molecule has 0 aliphatic carbocycles. The van der Waals surface area contributed by atoms with Crippen LogP contribution in [0.1, 0.15) is 5.56 Å². The van der Waals surface area contributed by atoms with E-state index < -0.39 is 0 Å². The molecule has 0 aliphatic heterocycles. The van der Waals surface area contributed by atoms with E-state index in [1.807, 2.05) is 25.3 Å². The van der Waals surface area contributed by atoms with E-state index in [4.69, 9.17) is 0 Å². The van der Waals surface area contributed by atoms with E-state index >= 15 is 0 Å². The second-order valence-corrected chi connectivity index (χ2v) is 2.74. The van der Waals surface area contributed by atoms with E-state index in [-0.39, 0.29) is 0 Å². The van der Waals surface area contributed by atoms with Crippen LogP contribution in [-0.4, -0.2) is 14.1 Å². The van der Waals surface area contributed by atoms with Crippen LogP contribution in [0.3, 0.4) is 0 Å². The Morgan fingerprint density at radius 1 is 1.60 bits per heavy atom. The van der Waals surface area contributed by atoms with Crippen LogP contribution in [0.4, 0.5) is 0 Å². The Kier molecular flexibility index (Phi) is 1.18. The Morgan fingerprint density at radius 2 is 2.50 bits per heavy atom. The maximum Gasteiger partial charge on any atom is 0.178 e. The molecule has 0 saturated heterocycles. The van der Waals surface area contributed by atoms with E-state index in [0.717, 1.165) is 14.2 Å². The van der Waals surface area contributed by atoms with Gasteiger partial charge < -0.3 is 0 Å². The molecule has 0 bridgehead atoms.